The molecule has 2 rings (SSSR count). The van der Waals surface area contributed by atoms with Crippen LogP contribution in [0.1, 0.15) is 24.5 Å². The fraction of sp³-hybridized carbons (Fsp3) is 0.417. The number of benzene rings is 1. The van der Waals surface area contributed by atoms with E-state index >= 15 is 0 Å². The number of amides is 1. The fourth-order valence-electron chi connectivity index (χ4n) is 1.77. The van der Waals surface area contributed by atoms with Crippen molar-refractivity contribution < 1.29 is 14.3 Å². The highest BCUT2D eigenvalue weighted by Gasteiger charge is 2.27. The maximum Gasteiger partial charge on any atom is 0.224 e. The van der Waals surface area contributed by atoms with Crippen LogP contribution in [0.3, 0.4) is 0 Å². The molecule has 0 aliphatic carbocycles. The largest absolute Gasteiger partial charge is 0.388 e. The molecule has 3 nitrogen and oxygen atoms in total. The van der Waals surface area contributed by atoms with Crippen molar-refractivity contribution in [1.82, 2.24) is 5.32 Å². The molecule has 0 saturated carbocycles. The first kappa shape index (κ1) is 11.1. The molecule has 1 aliphatic heterocycles. The number of nitrogens with one attached hydrogen (secondary N) is 1. The van der Waals surface area contributed by atoms with Crippen LogP contribution in [0.5, 0.6) is 0 Å². The number of hydrogen-bond donors (Lipinski definition) is 2. The highest BCUT2D eigenvalue weighted by molar-refractivity contribution is 5.84. The van der Waals surface area contributed by atoms with E-state index in [4.69, 9.17) is 0 Å². The molecule has 0 bridgehead atoms. The van der Waals surface area contributed by atoms with Gasteiger partial charge in [-0.15, -0.1) is 0 Å². The molecular formula is C12H14FNO2. The second-order valence-corrected chi connectivity index (χ2v) is 4.09. The highest BCUT2D eigenvalue weighted by Crippen LogP contribution is 2.23. The fourth-order valence-corrected chi connectivity index (χ4v) is 1.77. The summed E-state index contributed by atoms with van der Waals surface area (Å²) in [5.74, 6) is -0.212. The lowest BCUT2D eigenvalue weighted by Crippen LogP contribution is -2.48. The molecule has 1 heterocycles. The monoisotopic (exact) mass is 223 g/mol. The number of aliphatic hydroxyl groups is 1. The van der Waals surface area contributed by atoms with Gasteiger partial charge in [0.1, 0.15) is 5.82 Å². The van der Waals surface area contributed by atoms with E-state index in [2.05, 4.69) is 5.32 Å². The molecule has 1 fully saturated rings. The molecule has 0 radical (unpaired) electrons. The third kappa shape index (κ3) is 2.39. The predicted molar refractivity (Wildman–Crippen MR) is 57.1 cm³/mol. The lowest BCUT2D eigenvalue weighted by Gasteiger charge is -2.26. The molecule has 4 heteroatoms. The number of halogens is 1. The minimum Gasteiger partial charge on any atom is -0.388 e. The van der Waals surface area contributed by atoms with Crippen LogP contribution in [0.25, 0.3) is 0 Å². The number of aliphatic hydroxyl groups excluding tert-OH is 1. The zero-order chi connectivity index (χ0) is 11.5. The van der Waals surface area contributed by atoms with Crippen molar-refractivity contribution >= 4 is 5.91 Å². The minimum atomic E-state index is -0.617. The summed E-state index contributed by atoms with van der Waals surface area (Å²) < 4.78 is 12.6. The molecule has 2 N–H and O–H groups in total. The van der Waals surface area contributed by atoms with Crippen molar-refractivity contribution in [2.75, 3.05) is 6.54 Å². The summed E-state index contributed by atoms with van der Waals surface area (Å²) in [5, 5.41) is 12.5. The summed E-state index contributed by atoms with van der Waals surface area (Å²) in [5.41, 5.74) is 0.695. The molecule has 1 amide bonds. The third-order valence-corrected chi connectivity index (χ3v) is 2.94. The highest BCUT2D eigenvalue weighted by atomic mass is 19.1. The van der Waals surface area contributed by atoms with Crippen LogP contribution < -0.4 is 5.32 Å². The van der Waals surface area contributed by atoms with E-state index in [1.54, 1.807) is 12.1 Å². The van der Waals surface area contributed by atoms with Gasteiger partial charge >= 0.3 is 0 Å². The Balaban J connectivity index is 1.85. The van der Waals surface area contributed by atoms with Crippen LogP contribution in [0.4, 0.5) is 4.39 Å². The van der Waals surface area contributed by atoms with E-state index in [1.807, 2.05) is 0 Å². The molecule has 2 unspecified atom stereocenters. The van der Waals surface area contributed by atoms with Crippen molar-refractivity contribution in [1.29, 1.82) is 0 Å². The number of carbonyl (C=O) groups is 1. The van der Waals surface area contributed by atoms with Gasteiger partial charge in [0.15, 0.2) is 0 Å². The van der Waals surface area contributed by atoms with Gasteiger partial charge in [-0.2, -0.15) is 0 Å². The van der Waals surface area contributed by atoms with Gasteiger partial charge in [0.05, 0.1) is 12.0 Å². The topological polar surface area (TPSA) is 49.3 Å². The summed E-state index contributed by atoms with van der Waals surface area (Å²) in [4.78, 5) is 11.0. The van der Waals surface area contributed by atoms with E-state index < -0.39 is 6.10 Å². The molecule has 1 saturated heterocycles. The number of β-lactam (4-membered cyclic amide) rings is 1. The molecule has 16 heavy (non-hydrogen) atoms. The smallest absolute Gasteiger partial charge is 0.224 e. The second kappa shape index (κ2) is 4.61. The maximum atomic E-state index is 12.6. The van der Waals surface area contributed by atoms with Crippen molar-refractivity contribution in [3.63, 3.8) is 0 Å². The van der Waals surface area contributed by atoms with Crippen LogP contribution >= 0.6 is 0 Å². The van der Waals surface area contributed by atoms with Crippen molar-refractivity contribution in [3.8, 4) is 0 Å². The number of carbonyl (C=O) groups excluding carboxylic acids is 1. The molecule has 0 aromatic heterocycles. The van der Waals surface area contributed by atoms with Crippen LogP contribution in [-0.2, 0) is 4.79 Å². The minimum absolute atomic E-state index is 0.0371. The molecular weight excluding hydrogens is 209 g/mol. The molecule has 2 atom stereocenters. The normalized spacial score (nSPS) is 21.1. The number of rotatable bonds is 4. The molecule has 1 aromatic rings. The van der Waals surface area contributed by atoms with E-state index in [-0.39, 0.29) is 17.6 Å². The second-order valence-electron chi connectivity index (χ2n) is 4.09. The number of hydrogen-bond acceptors (Lipinski definition) is 2. The summed E-state index contributed by atoms with van der Waals surface area (Å²) >= 11 is 0. The Labute approximate surface area is 93.3 Å². The summed E-state index contributed by atoms with van der Waals surface area (Å²) in [7, 11) is 0. The Morgan fingerprint density at radius 1 is 1.44 bits per heavy atom. The Bertz CT molecular complexity index is 377. The van der Waals surface area contributed by atoms with Crippen LogP contribution in [0.2, 0.25) is 0 Å². The van der Waals surface area contributed by atoms with Crippen LogP contribution in [0, 0.1) is 11.7 Å². The van der Waals surface area contributed by atoms with E-state index in [0.717, 1.165) is 0 Å². The SMILES string of the molecule is O=C1NCC1CCC(O)c1ccc(F)cc1. The average Bonchev–Trinajstić information content (AvgIpc) is 2.28. The lowest BCUT2D eigenvalue weighted by molar-refractivity contribution is -0.131. The van der Waals surface area contributed by atoms with Crippen molar-refractivity contribution in [3.05, 3.63) is 35.6 Å². The maximum absolute atomic E-state index is 12.6. The van der Waals surface area contributed by atoms with Gasteiger partial charge in [-0.3, -0.25) is 4.79 Å². The summed E-state index contributed by atoms with van der Waals surface area (Å²) in [6, 6.07) is 5.80. The molecule has 1 aliphatic rings. The Morgan fingerprint density at radius 2 is 2.12 bits per heavy atom. The summed E-state index contributed by atoms with van der Waals surface area (Å²) in [6.45, 7) is 0.703. The van der Waals surface area contributed by atoms with E-state index in [1.165, 1.54) is 12.1 Å². The Kier molecular flexibility index (Phi) is 3.19. The van der Waals surface area contributed by atoms with Crippen LogP contribution in [0.15, 0.2) is 24.3 Å². The van der Waals surface area contributed by atoms with Gasteiger partial charge in [-0.25, -0.2) is 4.39 Å². The van der Waals surface area contributed by atoms with Crippen LogP contribution in [-0.4, -0.2) is 17.6 Å². The molecule has 0 spiro atoms. The van der Waals surface area contributed by atoms with E-state index in [0.29, 0.717) is 24.9 Å². The Morgan fingerprint density at radius 3 is 2.62 bits per heavy atom. The average molecular weight is 223 g/mol. The first-order valence-electron chi connectivity index (χ1n) is 5.38. The molecule has 86 valence electrons. The van der Waals surface area contributed by atoms with Gasteiger partial charge in [0, 0.05) is 6.54 Å². The van der Waals surface area contributed by atoms with E-state index in [9.17, 15) is 14.3 Å². The zero-order valence-corrected chi connectivity index (χ0v) is 8.82. The van der Waals surface area contributed by atoms with Gasteiger partial charge in [-0.05, 0) is 30.5 Å². The van der Waals surface area contributed by atoms with Gasteiger partial charge in [0.25, 0.3) is 0 Å². The quantitative estimate of drug-likeness (QED) is 0.758. The Hall–Kier alpha value is -1.42. The standard InChI is InChI=1S/C12H14FNO2/c13-10-4-1-8(2-5-10)11(15)6-3-9-7-14-12(9)16/h1-2,4-5,9,11,15H,3,6-7H2,(H,14,16). The first-order valence-corrected chi connectivity index (χ1v) is 5.38. The molecule has 1 aromatic carbocycles. The van der Waals surface area contributed by atoms with Gasteiger partial charge < -0.3 is 10.4 Å². The predicted octanol–water partition coefficient (Wildman–Crippen LogP) is 1.39. The van der Waals surface area contributed by atoms with Gasteiger partial charge in [-0.1, -0.05) is 12.1 Å². The van der Waals surface area contributed by atoms with Crippen molar-refractivity contribution in [2.24, 2.45) is 5.92 Å². The summed E-state index contributed by atoms with van der Waals surface area (Å²) in [6.07, 6.45) is 0.586. The van der Waals surface area contributed by atoms with Crippen molar-refractivity contribution in [2.45, 2.75) is 18.9 Å². The zero-order valence-electron chi connectivity index (χ0n) is 8.82. The third-order valence-electron chi connectivity index (χ3n) is 2.94. The first-order chi connectivity index (χ1) is 7.66. The van der Waals surface area contributed by atoms with Gasteiger partial charge in [0.2, 0.25) is 5.91 Å². The lowest BCUT2D eigenvalue weighted by atomic mass is 9.93.